The zero-order chi connectivity index (χ0) is 22.0. The number of Topliss-reactive ketones (excluding diaryl/α,β-unsaturated/α-hetero) is 1. The van der Waals surface area contributed by atoms with Gasteiger partial charge in [0.2, 0.25) is 0 Å². The van der Waals surface area contributed by atoms with Crippen molar-refractivity contribution in [1.82, 2.24) is 15.0 Å². The molecule has 4 rings (SSSR count). The minimum atomic E-state index is -2.82. The highest BCUT2D eigenvalue weighted by Gasteiger charge is 2.33. The van der Waals surface area contributed by atoms with Crippen LogP contribution >= 0.6 is 11.3 Å². The highest BCUT2D eigenvalue weighted by Crippen LogP contribution is 2.37. The molecule has 1 saturated heterocycles. The SMILES string of the molecule is CON(C)c1nc(C(F)F)nc2nc(N3CCC[C@@H]3C(=O)CCc3ccccc3)sc12. The molecule has 0 bridgehead atoms. The third kappa shape index (κ3) is 4.49. The van der Waals surface area contributed by atoms with E-state index in [2.05, 4.69) is 15.0 Å². The summed E-state index contributed by atoms with van der Waals surface area (Å²) in [5.74, 6) is -0.202. The van der Waals surface area contributed by atoms with Crippen molar-refractivity contribution in [3.63, 3.8) is 0 Å². The van der Waals surface area contributed by atoms with Gasteiger partial charge < -0.3 is 4.90 Å². The maximum absolute atomic E-state index is 13.3. The molecular formula is C21H23F2N5O2S. The number of alkyl halides is 2. The molecule has 0 aliphatic carbocycles. The molecule has 1 aromatic carbocycles. The van der Waals surface area contributed by atoms with Crippen molar-refractivity contribution in [2.45, 2.75) is 38.2 Å². The Hall–Kier alpha value is -2.72. The number of thiazole rings is 1. The normalized spacial score (nSPS) is 16.4. The van der Waals surface area contributed by atoms with Crippen molar-refractivity contribution in [3.05, 3.63) is 41.7 Å². The number of benzene rings is 1. The number of ketones is 1. The first-order chi connectivity index (χ1) is 15.0. The van der Waals surface area contributed by atoms with Gasteiger partial charge in [-0.1, -0.05) is 41.7 Å². The Kier molecular flexibility index (Phi) is 6.38. The number of hydrogen-bond donors (Lipinski definition) is 0. The minimum Gasteiger partial charge on any atom is -0.338 e. The van der Waals surface area contributed by atoms with Crippen LogP contribution < -0.4 is 9.96 Å². The second-order valence-electron chi connectivity index (χ2n) is 7.34. The van der Waals surface area contributed by atoms with Gasteiger partial charge in [0, 0.05) is 20.0 Å². The predicted octanol–water partition coefficient (Wildman–Crippen LogP) is 4.19. The fourth-order valence-corrected chi connectivity index (χ4v) is 4.84. The summed E-state index contributed by atoms with van der Waals surface area (Å²) in [7, 11) is 3.02. The molecule has 1 aliphatic rings. The lowest BCUT2D eigenvalue weighted by atomic mass is 10.0. The van der Waals surface area contributed by atoms with E-state index in [-0.39, 0.29) is 23.3 Å². The Morgan fingerprint density at radius 3 is 2.77 bits per heavy atom. The number of hydrogen-bond acceptors (Lipinski definition) is 8. The largest absolute Gasteiger partial charge is 0.338 e. The van der Waals surface area contributed by atoms with E-state index >= 15 is 0 Å². The number of carbonyl (C=O) groups excluding carboxylic acids is 1. The lowest BCUT2D eigenvalue weighted by molar-refractivity contribution is -0.120. The maximum Gasteiger partial charge on any atom is 0.297 e. The second kappa shape index (κ2) is 9.19. The fraction of sp³-hybridized carbons (Fsp3) is 0.429. The summed E-state index contributed by atoms with van der Waals surface area (Å²) in [6, 6.07) is 9.64. The average molecular weight is 448 g/mol. The van der Waals surface area contributed by atoms with Crippen molar-refractivity contribution in [3.8, 4) is 0 Å². The molecule has 3 heterocycles. The summed E-state index contributed by atoms with van der Waals surface area (Å²) < 4.78 is 27.1. The molecule has 1 aliphatic heterocycles. The molecule has 0 amide bonds. The molecule has 10 heteroatoms. The molecule has 1 fully saturated rings. The van der Waals surface area contributed by atoms with E-state index in [4.69, 9.17) is 4.84 Å². The van der Waals surface area contributed by atoms with Gasteiger partial charge in [-0.25, -0.2) is 23.8 Å². The van der Waals surface area contributed by atoms with E-state index in [1.54, 1.807) is 7.05 Å². The van der Waals surface area contributed by atoms with Crippen molar-refractivity contribution < 1.29 is 18.4 Å². The average Bonchev–Trinajstić information content (AvgIpc) is 3.43. The van der Waals surface area contributed by atoms with Gasteiger partial charge in [-0.2, -0.15) is 4.98 Å². The van der Waals surface area contributed by atoms with Crippen LogP contribution in [0.5, 0.6) is 0 Å². The van der Waals surface area contributed by atoms with Gasteiger partial charge in [-0.05, 0) is 24.8 Å². The van der Waals surface area contributed by atoms with Gasteiger partial charge in [-0.3, -0.25) is 9.63 Å². The molecule has 3 aromatic rings. The monoisotopic (exact) mass is 447 g/mol. The van der Waals surface area contributed by atoms with E-state index in [0.29, 0.717) is 29.2 Å². The van der Waals surface area contributed by atoms with Crippen molar-refractivity contribution in [2.24, 2.45) is 0 Å². The number of hydroxylamine groups is 1. The molecule has 0 saturated carbocycles. The Balaban J connectivity index is 1.60. The number of halogens is 2. The summed E-state index contributed by atoms with van der Waals surface area (Å²) >= 11 is 1.29. The Morgan fingerprint density at radius 2 is 2.06 bits per heavy atom. The maximum atomic E-state index is 13.3. The topological polar surface area (TPSA) is 71.5 Å². The summed E-state index contributed by atoms with van der Waals surface area (Å²) in [4.78, 5) is 32.5. The highest BCUT2D eigenvalue weighted by atomic mass is 32.1. The predicted molar refractivity (Wildman–Crippen MR) is 116 cm³/mol. The van der Waals surface area contributed by atoms with Crippen LogP contribution in [0.25, 0.3) is 10.3 Å². The standard InChI is InChI=1S/C21H23F2N5O2S/c1-27(30-2)20-16-18(24-19(25-20)17(22)23)26-21(31-16)28-12-6-9-14(28)15(29)11-10-13-7-4-3-5-8-13/h3-5,7-8,14,17H,6,9-12H2,1-2H3/t14-/m1/s1. The van der Waals surface area contributed by atoms with E-state index in [0.717, 1.165) is 18.4 Å². The van der Waals surface area contributed by atoms with Crippen molar-refractivity contribution >= 4 is 38.4 Å². The van der Waals surface area contributed by atoms with Crippen LogP contribution in [0.4, 0.5) is 19.7 Å². The molecule has 0 unspecified atom stereocenters. The van der Waals surface area contributed by atoms with Gasteiger partial charge >= 0.3 is 0 Å². The molecular weight excluding hydrogens is 424 g/mol. The number of rotatable bonds is 8. The molecule has 0 N–H and O–H groups in total. The van der Waals surface area contributed by atoms with Crippen LogP contribution in [-0.2, 0) is 16.1 Å². The quantitative estimate of drug-likeness (QED) is 0.480. The third-order valence-electron chi connectivity index (χ3n) is 5.38. The summed E-state index contributed by atoms with van der Waals surface area (Å²) in [6.07, 6.45) is -0.0600. The zero-order valence-corrected chi connectivity index (χ0v) is 18.1. The smallest absolute Gasteiger partial charge is 0.297 e. The summed E-state index contributed by atoms with van der Waals surface area (Å²) in [5, 5.41) is 1.90. The highest BCUT2D eigenvalue weighted by molar-refractivity contribution is 7.22. The van der Waals surface area contributed by atoms with Crippen LogP contribution in [-0.4, -0.2) is 47.5 Å². The van der Waals surface area contributed by atoms with Gasteiger partial charge in [-0.15, -0.1) is 0 Å². The molecule has 31 heavy (non-hydrogen) atoms. The molecule has 0 spiro atoms. The molecule has 7 nitrogen and oxygen atoms in total. The van der Waals surface area contributed by atoms with Gasteiger partial charge in [0.25, 0.3) is 6.43 Å². The van der Waals surface area contributed by atoms with Gasteiger partial charge in [0.05, 0.1) is 13.2 Å². The van der Waals surface area contributed by atoms with Gasteiger partial charge in [0.1, 0.15) is 4.70 Å². The van der Waals surface area contributed by atoms with E-state index < -0.39 is 12.2 Å². The lowest BCUT2D eigenvalue weighted by Gasteiger charge is -2.22. The molecule has 164 valence electrons. The zero-order valence-electron chi connectivity index (χ0n) is 17.3. The fourth-order valence-electron chi connectivity index (χ4n) is 3.74. The van der Waals surface area contributed by atoms with Crippen LogP contribution in [0, 0.1) is 0 Å². The summed E-state index contributed by atoms with van der Waals surface area (Å²) in [5.41, 5.74) is 1.31. The van der Waals surface area contributed by atoms with Crippen LogP contribution in [0.3, 0.4) is 0 Å². The molecule has 0 radical (unpaired) electrons. The van der Waals surface area contributed by atoms with E-state index in [1.807, 2.05) is 35.2 Å². The lowest BCUT2D eigenvalue weighted by Crippen LogP contribution is -2.36. The molecule has 2 aromatic heterocycles. The first-order valence-corrected chi connectivity index (χ1v) is 10.9. The summed E-state index contributed by atoms with van der Waals surface area (Å²) in [6.45, 7) is 0.687. The van der Waals surface area contributed by atoms with Crippen molar-refractivity contribution in [1.29, 1.82) is 0 Å². The minimum absolute atomic E-state index is 0.161. The molecule has 1 atom stereocenters. The number of carbonyl (C=O) groups is 1. The number of fused-ring (bicyclic) bond motifs is 1. The van der Waals surface area contributed by atoms with Crippen LogP contribution in [0.15, 0.2) is 30.3 Å². The van der Waals surface area contributed by atoms with Gasteiger partial charge in [0.15, 0.2) is 28.2 Å². The Morgan fingerprint density at radius 1 is 1.29 bits per heavy atom. The number of nitrogens with zero attached hydrogens (tertiary/aromatic N) is 5. The number of aromatic nitrogens is 3. The Bertz CT molecular complexity index is 1060. The second-order valence-corrected chi connectivity index (χ2v) is 8.32. The first-order valence-electron chi connectivity index (χ1n) is 10.1. The van der Waals surface area contributed by atoms with Crippen molar-refractivity contribution in [2.75, 3.05) is 30.7 Å². The van der Waals surface area contributed by atoms with E-state index in [1.165, 1.54) is 23.5 Å². The van der Waals surface area contributed by atoms with E-state index in [9.17, 15) is 13.6 Å². The Labute approximate surface area is 182 Å². The third-order valence-corrected chi connectivity index (χ3v) is 6.46. The number of aryl methyl sites for hydroxylation is 1. The first kappa shape index (κ1) is 21.5. The van der Waals surface area contributed by atoms with Crippen LogP contribution in [0.2, 0.25) is 0 Å². The van der Waals surface area contributed by atoms with Crippen LogP contribution in [0.1, 0.15) is 37.1 Å². The number of anilines is 2.